The van der Waals surface area contributed by atoms with Crippen LogP contribution in [-0.4, -0.2) is 17.0 Å². The minimum atomic E-state index is -0.377. The van der Waals surface area contributed by atoms with Crippen molar-refractivity contribution in [3.05, 3.63) is 82.1 Å². The molecule has 0 amide bonds. The predicted molar refractivity (Wildman–Crippen MR) is 103 cm³/mol. The molecule has 0 aliphatic rings. The Labute approximate surface area is 157 Å². The van der Waals surface area contributed by atoms with Crippen LogP contribution in [-0.2, 0) is 11.3 Å². The van der Waals surface area contributed by atoms with E-state index in [-0.39, 0.29) is 17.7 Å². The van der Waals surface area contributed by atoms with Gasteiger partial charge in [-0.1, -0.05) is 47.5 Å². The monoisotopic (exact) mass is 371 g/mol. The summed E-state index contributed by atoms with van der Waals surface area (Å²) in [6.45, 7) is 1.92. The van der Waals surface area contributed by atoms with Crippen LogP contribution in [0.1, 0.15) is 11.3 Å². The number of pyridine rings is 1. The number of phenolic OH excluding ortho intramolecular Hbond substituents is 1. The number of aromatic nitrogens is 1. The van der Waals surface area contributed by atoms with Gasteiger partial charge in [-0.05, 0) is 53.7 Å². The highest BCUT2D eigenvalue weighted by atomic mass is 35.5. The molecular weight excluding hydrogens is 356 g/mol. The van der Waals surface area contributed by atoms with Crippen LogP contribution in [0.15, 0.2) is 60.8 Å². The molecule has 0 bridgehead atoms. The van der Waals surface area contributed by atoms with Crippen LogP contribution in [0.3, 0.4) is 0 Å². The minimum absolute atomic E-state index is 0.0378. The van der Waals surface area contributed by atoms with Crippen molar-refractivity contribution in [3.8, 4) is 5.75 Å². The van der Waals surface area contributed by atoms with E-state index in [1.807, 2.05) is 43.3 Å². The fraction of sp³-hybridized carbons (Fsp3) is 0.105. The van der Waals surface area contributed by atoms with Crippen LogP contribution in [0.2, 0.25) is 10.0 Å². The number of benzene rings is 2. The Hall–Kier alpha value is -2.01. The minimum Gasteiger partial charge on any atom is -0.506 e. The first-order chi connectivity index (χ1) is 12.0. The van der Waals surface area contributed by atoms with Crippen molar-refractivity contribution < 1.29 is 9.76 Å². The Bertz CT molecular complexity index is 823. The third-order valence-electron chi connectivity index (χ3n) is 3.90. The van der Waals surface area contributed by atoms with Crippen LogP contribution in [0.25, 0.3) is 0 Å². The van der Waals surface area contributed by atoms with Crippen LogP contribution < -0.4 is 10.9 Å². The van der Waals surface area contributed by atoms with E-state index >= 15 is 0 Å². The lowest BCUT2D eigenvalue weighted by molar-refractivity contribution is 0.316. The molecule has 1 N–H and O–H groups in total. The number of nitrogens with zero attached hydrogens (tertiary/aromatic N) is 1. The van der Waals surface area contributed by atoms with Gasteiger partial charge in [0, 0.05) is 11.2 Å². The Morgan fingerprint density at radius 1 is 1.00 bits per heavy atom. The van der Waals surface area contributed by atoms with Gasteiger partial charge in [0.05, 0.1) is 17.3 Å². The lowest BCUT2D eigenvalue weighted by Gasteiger charge is -2.16. The Morgan fingerprint density at radius 3 is 2.36 bits per heavy atom. The van der Waals surface area contributed by atoms with Gasteiger partial charge in [0.25, 0.3) is 0 Å². The third kappa shape index (κ3) is 4.34. The number of hydrogen-bond donors (Lipinski definition) is 1. The van der Waals surface area contributed by atoms with Gasteiger partial charge in [-0.15, -0.1) is 0 Å². The van der Waals surface area contributed by atoms with E-state index in [0.717, 1.165) is 22.2 Å². The number of aryl methyl sites for hydroxylation is 1. The molecule has 0 saturated heterocycles. The van der Waals surface area contributed by atoms with Crippen molar-refractivity contribution in [3.63, 3.8) is 0 Å². The van der Waals surface area contributed by atoms with Gasteiger partial charge in [0.2, 0.25) is 0 Å². The number of rotatable bonds is 5. The maximum absolute atomic E-state index is 9.68. The molecule has 0 atom stereocenters. The molecule has 3 nitrogen and oxygen atoms in total. The zero-order valence-electron chi connectivity index (χ0n) is 13.6. The van der Waals surface area contributed by atoms with Gasteiger partial charge in [-0.3, -0.25) is 4.98 Å². The Kier molecular flexibility index (Phi) is 5.64. The van der Waals surface area contributed by atoms with Crippen LogP contribution >= 0.6 is 23.2 Å². The predicted octanol–water partition coefficient (Wildman–Crippen LogP) is 3.72. The Morgan fingerprint density at radius 2 is 1.72 bits per heavy atom. The number of hydrogen-bond acceptors (Lipinski definition) is 3. The maximum atomic E-state index is 9.68. The van der Waals surface area contributed by atoms with Gasteiger partial charge in [-0.2, -0.15) is 0 Å². The lowest BCUT2D eigenvalue weighted by atomic mass is 9.55. The van der Waals surface area contributed by atoms with Crippen molar-refractivity contribution in [2.75, 3.05) is 0 Å². The first kappa shape index (κ1) is 17.8. The largest absolute Gasteiger partial charge is 0.506 e. The molecule has 0 radical (unpaired) electrons. The fourth-order valence-corrected chi connectivity index (χ4v) is 2.87. The number of aromatic hydroxyl groups is 1. The van der Waals surface area contributed by atoms with Crippen molar-refractivity contribution in [1.82, 2.24) is 4.98 Å². The molecule has 6 heteroatoms. The summed E-state index contributed by atoms with van der Waals surface area (Å²) in [5.41, 5.74) is 3.57. The van der Waals surface area contributed by atoms with E-state index in [0.29, 0.717) is 11.6 Å². The van der Waals surface area contributed by atoms with E-state index in [2.05, 4.69) is 4.98 Å². The van der Waals surface area contributed by atoms with E-state index in [1.165, 1.54) is 0 Å². The molecule has 0 fully saturated rings. The first-order valence-corrected chi connectivity index (χ1v) is 8.56. The highest BCUT2D eigenvalue weighted by molar-refractivity contribution is 6.80. The van der Waals surface area contributed by atoms with Gasteiger partial charge in [-0.25, -0.2) is 0 Å². The second-order valence-electron chi connectivity index (χ2n) is 5.73. The zero-order chi connectivity index (χ0) is 17.8. The summed E-state index contributed by atoms with van der Waals surface area (Å²) in [4.78, 5) is 4.28. The topological polar surface area (TPSA) is 42.4 Å². The van der Waals surface area contributed by atoms with E-state index in [9.17, 15) is 5.11 Å². The molecule has 3 aromatic rings. The van der Waals surface area contributed by atoms with Crippen LogP contribution in [0, 0.1) is 6.92 Å². The van der Waals surface area contributed by atoms with Gasteiger partial charge in [0.15, 0.2) is 0 Å². The molecule has 2 aromatic carbocycles. The third-order valence-corrected chi connectivity index (χ3v) is 4.61. The molecule has 1 aromatic heterocycles. The molecule has 25 heavy (non-hydrogen) atoms. The fourth-order valence-electron chi connectivity index (χ4n) is 2.50. The SMILES string of the molecule is Cc1ccc(B(OCc2ccccn2)c2ccc(O)c(Cl)c2)cc1Cl. The van der Waals surface area contributed by atoms with Crippen molar-refractivity contribution in [1.29, 1.82) is 0 Å². The summed E-state index contributed by atoms with van der Waals surface area (Å²) in [7, 11) is 0. The molecule has 3 rings (SSSR count). The molecule has 1 heterocycles. The summed E-state index contributed by atoms with van der Waals surface area (Å²) in [5.74, 6) is 0.0378. The number of halogens is 2. The second kappa shape index (κ2) is 7.92. The Balaban J connectivity index is 1.94. The van der Waals surface area contributed by atoms with Gasteiger partial charge < -0.3 is 9.76 Å². The lowest BCUT2D eigenvalue weighted by Crippen LogP contribution is -2.45. The zero-order valence-corrected chi connectivity index (χ0v) is 15.1. The average molecular weight is 372 g/mol. The molecule has 0 saturated carbocycles. The maximum Gasteiger partial charge on any atom is 0.362 e. The first-order valence-electron chi connectivity index (χ1n) is 7.80. The van der Waals surface area contributed by atoms with Gasteiger partial charge >= 0.3 is 6.92 Å². The average Bonchev–Trinajstić information content (AvgIpc) is 2.62. The standard InChI is InChI=1S/C19H16BCl2NO2/c1-13-5-6-14(10-17(13)21)20(15-7-8-19(24)18(22)11-15)25-12-16-4-2-3-9-23-16/h2-11,24H,12H2,1H3. The van der Waals surface area contributed by atoms with Gasteiger partial charge in [0.1, 0.15) is 5.75 Å². The second-order valence-corrected chi connectivity index (χ2v) is 6.55. The van der Waals surface area contributed by atoms with Crippen molar-refractivity contribution >= 4 is 41.0 Å². The summed E-state index contributed by atoms with van der Waals surface area (Å²) in [6.07, 6.45) is 1.73. The highest BCUT2D eigenvalue weighted by Gasteiger charge is 2.23. The van der Waals surface area contributed by atoms with Crippen molar-refractivity contribution in [2.24, 2.45) is 0 Å². The van der Waals surface area contributed by atoms with Crippen LogP contribution in [0.5, 0.6) is 5.75 Å². The summed E-state index contributed by atoms with van der Waals surface area (Å²) in [5, 5.41) is 10.6. The molecular formula is C19H16BCl2NO2. The smallest absolute Gasteiger partial charge is 0.362 e. The summed E-state index contributed by atoms with van der Waals surface area (Å²) in [6, 6.07) is 16.6. The quantitative estimate of drug-likeness (QED) is 0.695. The molecule has 0 unspecified atom stereocenters. The van der Waals surface area contributed by atoms with Crippen LogP contribution in [0.4, 0.5) is 0 Å². The summed E-state index contributed by atoms with van der Waals surface area (Å²) < 4.78 is 6.13. The molecule has 0 spiro atoms. The molecule has 0 aliphatic heterocycles. The summed E-state index contributed by atoms with van der Waals surface area (Å²) >= 11 is 12.4. The highest BCUT2D eigenvalue weighted by Crippen LogP contribution is 2.21. The molecule has 126 valence electrons. The number of phenols is 1. The molecule has 0 aliphatic carbocycles. The van der Waals surface area contributed by atoms with Crippen molar-refractivity contribution in [2.45, 2.75) is 13.5 Å². The van der Waals surface area contributed by atoms with E-state index in [1.54, 1.807) is 24.4 Å². The van der Waals surface area contributed by atoms with E-state index in [4.69, 9.17) is 27.9 Å². The normalized spacial score (nSPS) is 10.7. The van der Waals surface area contributed by atoms with E-state index < -0.39 is 0 Å².